The van der Waals surface area contributed by atoms with Crippen molar-refractivity contribution in [2.24, 2.45) is 0 Å². The molecule has 1 rings (SSSR count). The van der Waals surface area contributed by atoms with Crippen LogP contribution in [-0.4, -0.2) is 41.9 Å². The van der Waals surface area contributed by atoms with Gasteiger partial charge in [0.1, 0.15) is 0 Å². The minimum absolute atomic E-state index is 0.284. The summed E-state index contributed by atoms with van der Waals surface area (Å²) in [6.45, 7) is 7.13. The SMILES string of the molecule is CC(C)NC(=S)N(C)C1CCOC1C. The van der Waals surface area contributed by atoms with Crippen LogP contribution >= 0.6 is 12.2 Å². The molecule has 0 aromatic rings. The third-order valence-electron chi connectivity index (χ3n) is 2.57. The van der Waals surface area contributed by atoms with E-state index in [0.29, 0.717) is 12.1 Å². The molecule has 1 heterocycles. The Morgan fingerprint density at radius 2 is 2.21 bits per heavy atom. The number of hydrogen-bond donors (Lipinski definition) is 1. The van der Waals surface area contributed by atoms with Crippen LogP contribution in [0.3, 0.4) is 0 Å². The van der Waals surface area contributed by atoms with Gasteiger partial charge in [0.2, 0.25) is 0 Å². The number of ether oxygens (including phenoxy) is 1. The number of nitrogens with one attached hydrogen (secondary N) is 1. The number of rotatable bonds is 2. The minimum Gasteiger partial charge on any atom is -0.376 e. The van der Waals surface area contributed by atoms with Gasteiger partial charge in [0.25, 0.3) is 0 Å². The van der Waals surface area contributed by atoms with E-state index in [2.05, 4.69) is 31.0 Å². The standard InChI is InChI=1S/C10H20N2OS/c1-7(2)11-10(14)12(4)9-5-6-13-8(9)3/h7-9H,5-6H2,1-4H3,(H,11,14). The van der Waals surface area contributed by atoms with E-state index in [1.54, 1.807) is 0 Å². The second-order valence-electron chi connectivity index (χ2n) is 4.15. The molecule has 0 spiro atoms. The van der Waals surface area contributed by atoms with E-state index < -0.39 is 0 Å². The lowest BCUT2D eigenvalue weighted by Crippen LogP contribution is -2.47. The Hall–Kier alpha value is -0.350. The quantitative estimate of drug-likeness (QED) is 0.705. The molecule has 4 heteroatoms. The van der Waals surface area contributed by atoms with E-state index in [0.717, 1.165) is 18.1 Å². The number of hydrogen-bond acceptors (Lipinski definition) is 2. The normalized spacial score (nSPS) is 26.6. The Bertz CT molecular complexity index is 208. The fraction of sp³-hybridized carbons (Fsp3) is 0.900. The van der Waals surface area contributed by atoms with Crippen molar-refractivity contribution < 1.29 is 4.74 Å². The summed E-state index contributed by atoms with van der Waals surface area (Å²) in [5, 5.41) is 4.06. The van der Waals surface area contributed by atoms with Crippen LogP contribution in [0.15, 0.2) is 0 Å². The molecule has 82 valence electrons. The van der Waals surface area contributed by atoms with Gasteiger partial charge in [0.05, 0.1) is 12.1 Å². The molecule has 2 unspecified atom stereocenters. The Kier molecular flexibility index (Phi) is 4.13. The first kappa shape index (κ1) is 11.7. The van der Waals surface area contributed by atoms with E-state index in [-0.39, 0.29) is 6.10 Å². The molecule has 3 nitrogen and oxygen atoms in total. The first-order valence-electron chi connectivity index (χ1n) is 5.17. The van der Waals surface area contributed by atoms with Gasteiger partial charge in [0.15, 0.2) is 5.11 Å². The molecule has 14 heavy (non-hydrogen) atoms. The molecule has 0 aliphatic carbocycles. The fourth-order valence-corrected chi connectivity index (χ4v) is 2.10. The molecule has 0 aromatic heterocycles. The summed E-state index contributed by atoms with van der Waals surface area (Å²) in [4.78, 5) is 2.12. The number of thiocarbonyl (C=S) groups is 1. The summed E-state index contributed by atoms with van der Waals surface area (Å²) in [6.07, 6.45) is 1.35. The van der Waals surface area contributed by atoms with Gasteiger partial charge in [-0.05, 0) is 39.4 Å². The molecule has 1 saturated heterocycles. The number of likely N-dealkylation sites (N-methyl/N-ethyl adjacent to an activating group) is 1. The molecular weight excluding hydrogens is 196 g/mol. The summed E-state index contributed by atoms with van der Waals surface area (Å²) in [7, 11) is 2.04. The Balaban J connectivity index is 2.47. The van der Waals surface area contributed by atoms with E-state index in [9.17, 15) is 0 Å². The van der Waals surface area contributed by atoms with Crippen LogP contribution in [0.25, 0.3) is 0 Å². The molecule has 1 N–H and O–H groups in total. The number of nitrogens with zero attached hydrogens (tertiary/aromatic N) is 1. The van der Waals surface area contributed by atoms with Crippen LogP contribution in [-0.2, 0) is 4.74 Å². The van der Waals surface area contributed by atoms with Crippen molar-refractivity contribution in [2.45, 2.75) is 45.4 Å². The van der Waals surface area contributed by atoms with E-state index in [4.69, 9.17) is 17.0 Å². The average Bonchev–Trinajstić information content (AvgIpc) is 2.48. The van der Waals surface area contributed by atoms with Crippen molar-refractivity contribution in [2.75, 3.05) is 13.7 Å². The molecule has 1 aliphatic heterocycles. The maximum Gasteiger partial charge on any atom is 0.169 e. The van der Waals surface area contributed by atoms with Crippen LogP contribution in [0.1, 0.15) is 27.2 Å². The van der Waals surface area contributed by atoms with Crippen molar-refractivity contribution in [1.29, 1.82) is 0 Å². The zero-order chi connectivity index (χ0) is 10.7. The van der Waals surface area contributed by atoms with Crippen LogP contribution in [0.4, 0.5) is 0 Å². The van der Waals surface area contributed by atoms with Crippen molar-refractivity contribution in [3.05, 3.63) is 0 Å². The van der Waals surface area contributed by atoms with Gasteiger partial charge in [-0.25, -0.2) is 0 Å². The Morgan fingerprint density at radius 3 is 2.64 bits per heavy atom. The molecule has 1 aliphatic rings. The molecule has 0 saturated carbocycles. The summed E-state index contributed by atoms with van der Waals surface area (Å²) >= 11 is 5.30. The summed E-state index contributed by atoms with van der Waals surface area (Å²) < 4.78 is 5.51. The lowest BCUT2D eigenvalue weighted by molar-refractivity contribution is 0.0996. The second kappa shape index (κ2) is 4.94. The topological polar surface area (TPSA) is 24.5 Å². The van der Waals surface area contributed by atoms with Gasteiger partial charge in [-0.2, -0.15) is 0 Å². The van der Waals surface area contributed by atoms with Crippen LogP contribution in [0.2, 0.25) is 0 Å². The van der Waals surface area contributed by atoms with Gasteiger partial charge < -0.3 is 15.0 Å². The monoisotopic (exact) mass is 216 g/mol. The molecule has 2 atom stereocenters. The largest absolute Gasteiger partial charge is 0.376 e. The van der Waals surface area contributed by atoms with E-state index >= 15 is 0 Å². The lowest BCUT2D eigenvalue weighted by atomic mass is 10.1. The zero-order valence-corrected chi connectivity index (χ0v) is 10.2. The molecule has 0 radical (unpaired) electrons. The maximum absolute atomic E-state index is 5.51. The van der Waals surface area contributed by atoms with Gasteiger partial charge >= 0.3 is 0 Å². The average molecular weight is 216 g/mol. The van der Waals surface area contributed by atoms with E-state index in [1.165, 1.54) is 0 Å². The van der Waals surface area contributed by atoms with Crippen LogP contribution in [0.5, 0.6) is 0 Å². The third kappa shape index (κ3) is 2.82. The molecule has 1 fully saturated rings. The Labute approximate surface area is 91.8 Å². The maximum atomic E-state index is 5.51. The summed E-state index contributed by atoms with van der Waals surface area (Å²) in [5.74, 6) is 0. The Morgan fingerprint density at radius 1 is 1.57 bits per heavy atom. The van der Waals surface area contributed by atoms with Gasteiger partial charge in [0, 0.05) is 19.7 Å². The second-order valence-corrected chi connectivity index (χ2v) is 4.53. The summed E-state index contributed by atoms with van der Waals surface area (Å²) in [6, 6.07) is 0.816. The first-order chi connectivity index (χ1) is 6.52. The highest BCUT2D eigenvalue weighted by Crippen LogP contribution is 2.18. The third-order valence-corrected chi connectivity index (χ3v) is 2.97. The van der Waals surface area contributed by atoms with Crippen molar-refractivity contribution in [3.8, 4) is 0 Å². The predicted octanol–water partition coefficient (Wildman–Crippen LogP) is 1.38. The minimum atomic E-state index is 0.284. The highest BCUT2D eigenvalue weighted by molar-refractivity contribution is 7.80. The van der Waals surface area contributed by atoms with Crippen molar-refractivity contribution >= 4 is 17.3 Å². The highest BCUT2D eigenvalue weighted by atomic mass is 32.1. The van der Waals surface area contributed by atoms with Crippen LogP contribution in [0, 0.1) is 0 Å². The fourth-order valence-electron chi connectivity index (χ4n) is 1.73. The van der Waals surface area contributed by atoms with Crippen molar-refractivity contribution in [1.82, 2.24) is 10.2 Å². The van der Waals surface area contributed by atoms with Crippen LogP contribution < -0.4 is 5.32 Å². The van der Waals surface area contributed by atoms with Crippen molar-refractivity contribution in [3.63, 3.8) is 0 Å². The highest BCUT2D eigenvalue weighted by Gasteiger charge is 2.29. The van der Waals surface area contributed by atoms with Gasteiger partial charge in [-0.1, -0.05) is 0 Å². The zero-order valence-electron chi connectivity index (χ0n) is 9.41. The first-order valence-corrected chi connectivity index (χ1v) is 5.58. The smallest absolute Gasteiger partial charge is 0.169 e. The molecule has 0 amide bonds. The lowest BCUT2D eigenvalue weighted by Gasteiger charge is -2.30. The molecular formula is C10H20N2OS. The van der Waals surface area contributed by atoms with E-state index in [1.807, 2.05) is 7.05 Å². The van der Waals surface area contributed by atoms with Gasteiger partial charge in [-0.15, -0.1) is 0 Å². The van der Waals surface area contributed by atoms with Gasteiger partial charge in [-0.3, -0.25) is 0 Å². The predicted molar refractivity (Wildman–Crippen MR) is 62.5 cm³/mol. The molecule has 0 bridgehead atoms. The summed E-state index contributed by atoms with van der Waals surface area (Å²) in [5.41, 5.74) is 0. The molecule has 0 aromatic carbocycles.